The lowest BCUT2D eigenvalue weighted by Gasteiger charge is -2.09. The summed E-state index contributed by atoms with van der Waals surface area (Å²) in [5.74, 6) is -0.190. The molecule has 2 aromatic heterocycles. The number of aromatic nitrogens is 3. The van der Waals surface area contributed by atoms with Gasteiger partial charge in [0.05, 0.1) is 10.6 Å². The van der Waals surface area contributed by atoms with Crippen LogP contribution in [0, 0.1) is 0 Å². The molecule has 1 aromatic carbocycles. The van der Waals surface area contributed by atoms with Crippen molar-refractivity contribution in [3.8, 4) is 11.1 Å². The van der Waals surface area contributed by atoms with E-state index in [0.717, 1.165) is 10.6 Å². The minimum absolute atomic E-state index is 0.0804. The number of nitrogens with zero attached hydrogens (tertiary/aromatic N) is 3. The molecule has 2 heterocycles. The van der Waals surface area contributed by atoms with Gasteiger partial charge < -0.3 is 0 Å². The predicted molar refractivity (Wildman–Crippen MR) is 81.2 cm³/mol. The highest BCUT2D eigenvalue weighted by Gasteiger charge is 2.34. The maximum absolute atomic E-state index is 12.7. The molecule has 24 heavy (non-hydrogen) atoms. The number of hydrogen-bond acceptors (Lipinski definition) is 4. The average molecular weight is 355 g/mol. The lowest BCUT2D eigenvalue weighted by atomic mass is 10.1. The van der Waals surface area contributed by atoms with E-state index in [-0.39, 0.29) is 16.4 Å². The highest BCUT2D eigenvalue weighted by Crippen LogP contribution is 2.30. The molecular formula is C15H12F3N3O2S. The van der Waals surface area contributed by atoms with E-state index < -0.39 is 21.7 Å². The van der Waals surface area contributed by atoms with Crippen molar-refractivity contribution < 1.29 is 21.6 Å². The Morgan fingerprint density at radius 2 is 1.88 bits per heavy atom. The van der Waals surface area contributed by atoms with Crippen LogP contribution in [-0.4, -0.2) is 28.5 Å². The molecular weight excluding hydrogens is 343 g/mol. The van der Waals surface area contributed by atoms with Gasteiger partial charge in [-0.2, -0.15) is 13.2 Å². The molecule has 0 N–H and O–H groups in total. The summed E-state index contributed by atoms with van der Waals surface area (Å²) in [6.07, 6.45) is -1.05. The summed E-state index contributed by atoms with van der Waals surface area (Å²) in [7, 11) is -3.48. The second-order valence-electron chi connectivity index (χ2n) is 5.07. The molecule has 0 unspecified atom stereocenters. The molecule has 0 saturated heterocycles. The van der Waals surface area contributed by atoms with Gasteiger partial charge >= 0.3 is 6.18 Å². The molecule has 5 nitrogen and oxygen atoms in total. The lowest BCUT2D eigenvalue weighted by Crippen LogP contribution is -2.05. The highest BCUT2D eigenvalue weighted by molar-refractivity contribution is 7.91. The monoisotopic (exact) mass is 355 g/mol. The van der Waals surface area contributed by atoms with Gasteiger partial charge in [-0.3, -0.25) is 4.40 Å². The molecule has 9 heteroatoms. The number of rotatable bonds is 3. The number of hydrogen-bond donors (Lipinski definition) is 0. The highest BCUT2D eigenvalue weighted by atomic mass is 32.2. The van der Waals surface area contributed by atoms with E-state index in [0.29, 0.717) is 11.1 Å². The zero-order valence-electron chi connectivity index (χ0n) is 12.4. The van der Waals surface area contributed by atoms with Crippen molar-refractivity contribution in [1.29, 1.82) is 0 Å². The van der Waals surface area contributed by atoms with Crippen LogP contribution in [0.1, 0.15) is 12.6 Å². The SMILES string of the molecule is CCS(=O)(=O)c1ccccc1-c1cnc2nc(C(F)(F)F)cn2c1. The van der Waals surface area contributed by atoms with Crippen LogP contribution in [-0.2, 0) is 16.0 Å². The van der Waals surface area contributed by atoms with Crippen LogP contribution in [0.3, 0.4) is 0 Å². The van der Waals surface area contributed by atoms with Crippen molar-refractivity contribution in [2.75, 3.05) is 5.75 Å². The maximum atomic E-state index is 12.7. The Labute approximate surface area is 135 Å². The van der Waals surface area contributed by atoms with Crippen molar-refractivity contribution in [1.82, 2.24) is 14.4 Å². The van der Waals surface area contributed by atoms with Crippen LogP contribution in [0.15, 0.2) is 47.8 Å². The van der Waals surface area contributed by atoms with E-state index in [1.165, 1.54) is 25.4 Å². The third kappa shape index (κ3) is 2.86. The van der Waals surface area contributed by atoms with Crippen LogP contribution in [0.5, 0.6) is 0 Å². The number of halogens is 3. The molecule has 0 fully saturated rings. The maximum Gasteiger partial charge on any atom is 0.434 e. The van der Waals surface area contributed by atoms with Crippen LogP contribution < -0.4 is 0 Å². The molecule has 3 aromatic rings. The Bertz CT molecular complexity index is 1010. The largest absolute Gasteiger partial charge is 0.434 e. The second-order valence-corrected chi connectivity index (χ2v) is 7.32. The molecule has 3 rings (SSSR count). The Balaban J connectivity index is 2.18. The van der Waals surface area contributed by atoms with Crippen LogP contribution in [0.25, 0.3) is 16.9 Å². The van der Waals surface area contributed by atoms with E-state index in [1.54, 1.807) is 18.2 Å². The first-order valence-corrected chi connectivity index (χ1v) is 8.61. The summed E-state index contributed by atoms with van der Waals surface area (Å²) in [6.45, 7) is 1.53. The van der Waals surface area contributed by atoms with Gasteiger partial charge in [0.15, 0.2) is 15.5 Å². The number of fused-ring (bicyclic) bond motifs is 1. The fourth-order valence-electron chi connectivity index (χ4n) is 2.29. The van der Waals surface area contributed by atoms with Crippen molar-refractivity contribution >= 4 is 15.6 Å². The number of benzene rings is 1. The lowest BCUT2D eigenvalue weighted by molar-refractivity contribution is -0.140. The second kappa shape index (κ2) is 5.59. The first-order chi connectivity index (χ1) is 11.2. The Kier molecular flexibility index (Phi) is 3.83. The fraction of sp³-hybridized carbons (Fsp3) is 0.200. The summed E-state index contributed by atoms with van der Waals surface area (Å²) >= 11 is 0. The van der Waals surface area contributed by atoms with Crippen molar-refractivity contribution in [3.05, 3.63) is 48.5 Å². The van der Waals surface area contributed by atoms with Gasteiger partial charge in [0, 0.05) is 29.7 Å². The molecule has 0 aliphatic rings. The standard InChI is InChI=1S/C15H12F3N3O2S/c1-2-24(22,23)12-6-4-3-5-11(12)10-7-19-14-20-13(15(16,17)18)9-21(14)8-10/h3-9H,2H2,1H3. The van der Waals surface area contributed by atoms with Gasteiger partial charge in [0.25, 0.3) is 0 Å². The van der Waals surface area contributed by atoms with Crippen LogP contribution in [0.2, 0.25) is 0 Å². The topological polar surface area (TPSA) is 64.3 Å². The smallest absolute Gasteiger partial charge is 0.290 e. The zero-order valence-corrected chi connectivity index (χ0v) is 13.3. The van der Waals surface area contributed by atoms with E-state index in [4.69, 9.17) is 0 Å². The molecule has 0 aliphatic heterocycles. The van der Waals surface area contributed by atoms with E-state index in [2.05, 4.69) is 9.97 Å². The summed E-state index contributed by atoms with van der Waals surface area (Å²) in [5.41, 5.74) is -0.279. The van der Waals surface area contributed by atoms with Crippen molar-refractivity contribution in [2.45, 2.75) is 18.0 Å². The summed E-state index contributed by atoms with van der Waals surface area (Å²) in [5, 5.41) is 0. The Morgan fingerprint density at radius 3 is 2.54 bits per heavy atom. The van der Waals surface area contributed by atoms with Gasteiger partial charge in [-0.25, -0.2) is 18.4 Å². The normalized spacial score (nSPS) is 12.7. The molecule has 0 amide bonds. The Hall–Kier alpha value is -2.42. The molecule has 126 valence electrons. The minimum Gasteiger partial charge on any atom is -0.290 e. The van der Waals surface area contributed by atoms with E-state index >= 15 is 0 Å². The van der Waals surface area contributed by atoms with Gasteiger partial charge in [0.1, 0.15) is 0 Å². The fourth-order valence-corrected chi connectivity index (χ4v) is 3.41. The number of imidazole rings is 1. The molecule has 0 saturated carbocycles. The van der Waals surface area contributed by atoms with Crippen LogP contribution >= 0.6 is 0 Å². The molecule has 0 aliphatic carbocycles. The van der Waals surface area contributed by atoms with Crippen molar-refractivity contribution in [3.63, 3.8) is 0 Å². The first-order valence-electron chi connectivity index (χ1n) is 6.96. The minimum atomic E-state index is -4.57. The van der Waals surface area contributed by atoms with Gasteiger partial charge in [-0.15, -0.1) is 0 Å². The van der Waals surface area contributed by atoms with E-state index in [1.807, 2.05) is 0 Å². The quantitative estimate of drug-likeness (QED) is 0.724. The Morgan fingerprint density at radius 1 is 1.17 bits per heavy atom. The van der Waals surface area contributed by atoms with E-state index in [9.17, 15) is 21.6 Å². The number of sulfone groups is 1. The number of alkyl halides is 3. The molecule has 0 spiro atoms. The zero-order chi connectivity index (χ0) is 17.5. The van der Waals surface area contributed by atoms with Gasteiger partial charge in [-0.1, -0.05) is 25.1 Å². The van der Waals surface area contributed by atoms with Crippen molar-refractivity contribution in [2.24, 2.45) is 0 Å². The third-order valence-corrected chi connectivity index (χ3v) is 5.30. The van der Waals surface area contributed by atoms with Gasteiger partial charge in [-0.05, 0) is 6.07 Å². The first kappa shape index (κ1) is 16.4. The summed E-state index contributed by atoms with van der Waals surface area (Å²) < 4.78 is 63.7. The average Bonchev–Trinajstić information content (AvgIpc) is 2.98. The molecule has 0 atom stereocenters. The molecule has 0 radical (unpaired) electrons. The summed E-state index contributed by atoms with van der Waals surface area (Å²) in [6, 6.07) is 6.31. The predicted octanol–water partition coefficient (Wildman–Crippen LogP) is 3.21. The van der Waals surface area contributed by atoms with Gasteiger partial charge in [0.2, 0.25) is 5.78 Å². The third-order valence-electron chi connectivity index (χ3n) is 3.51. The summed E-state index contributed by atoms with van der Waals surface area (Å²) in [4.78, 5) is 7.43. The molecule has 0 bridgehead atoms. The van der Waals surface area contributed by atoms with Crippen LogP contribution in [0.4, 0.5) is 13.2 Å².